The Morgan fingerprint density at radius 1 is 1.19 bits per heavy atom. The molecule has 7 nitrogen and oxygen atoms in total. The van der Waals surface area contributed by atoms with Crippen LogP contribution in [0.1, 0.15) is 28.8 Å². The van der Waals surface area contributed by atoms with Crippen LogP contribution in [0.15, 0.2) is 36.4 Å². The number of benzene rings is 2. The van der Waals surface area contributed by atoms with Crippen LogP contribution in [0.4, 0.5) is 0 Å². The van der Waals surface area contributed by atoms with Crippen LogP contribution in [0, 0.1) is 0 Å². The minimum absolute atomic E-state index is 0.253. The van der Waals surface area contributed by atoms with Crippen molar-refractivity contribution in [2.24, 2.45) is 0 Å². The van der Waals surface area contributed by atoms with Crippen molar-refractivity contribution in [1.29, 1.82) is 0 Å². The van der Waals surface area contributed by atoms with Crippen LogP contribution in [0.2, 0.25) is 5.02 Å². The Kier molecular flexibility index (Phi) is 9.02. The zero-order valence-electron chi connectivity index (χ0n) is 18.9. The highest BCUT2D eigenvalue weighted by molar-refractivity contribution is 6.32. The van der Waals surface area contributed by atoms with E-state index >= 15 is 0 Å². The molecule has 0 atom stereocenters. The van der Waals surface area contributed by atoms with Gasteiger partial charge in [-0.25, -0.2) is 0 Å². The van der Waals surface area contributed by atoms with E-state index in [0.29, 0.717) is 41.3 Å². The molecule has 2 aromatic rings. The summed E-state index contributed by atoms with van der Waals surface area (Å²) in [5, 5.41) is 3.22. The maximum atomic E-state index is 12.6. The minimum Gasteiger partial charge on any atom is -0.493 e. The summed E-state index contributed by atoms with van der Waals surface area (Å²) in [4.78, 5) is 14.9. The van der Waals surface area contributed by atoms with Gasteiger partial charge in [0.25, 0.3) is 5.91 Å². The summed E-state index contributed by atoms with van der Waals surface area (Å²) < 4.78 is 21.8. The second-order valence-corrected chi connectivity index (χ2v) is 8.10. The fraction of sp³-hybridized carbons (Fsp3) is 0.458. The number of ether oxygens (including phenoxy) is 4. The van der Waals surface area contributed by atoms with Gasteiger partial charge in [0.1, 0.15) is 12.4 Å². The summed E-state index contributed by atoms with van der Waals surface area (Å²) in [6, 6.07) is 11.5. The SMILES string of the molecule is COc1cc(C(=O)NCc2cccc(OCCN(C)C3CCOCC3)c2)cc(Cl)c1OC. The van der Waals surface area contributed by atoms with Gasteiger partial charge in [0.2, 0.25) is 0 Å². The number of methoxy groups -OCH3 is 2. The molecule has 8 heteroatoms. The van der Waals surface area contributed by atoms with Crippen molar-refractivity contribution in [3.63, 3.8) is 0 Å². The van der Waals surface area contributed by atoms with Crippen LogP contribution >= 0.6 is 11.6 Å². The Hall–Kier alpha value is -2.48. The highest BCUT2D eigenvalue weighted by atomic mass is 35.5. The Balaban J connectivity index is 1.51. The van der Waals surface area contributed by atoms with Crippen molar-refractivity contribution in [3.8, 4) is 17.2 Å². The Morgan fingerprint density at radius 2 is 1.97 bits per heavy atom. The standard InChI is InChI=1S/C24H31ClN2O5/c1-27(19-7-10-31-11-8-19)9-12-32-20-6-4-5-17(13-20)16-26-24(28)18-14-21(25)23(30-3)22(15-18)29-2/h4-6,13-15,19H,7-12,16H2,1-3H3,(H,26,28). The van der Waals surface area contributed by atoms with E-state index in [1.807, 2.05) is 24.3 Å². The number of rotatable bonds is 10. The number of hydrogen-bond acceptors (Lipinski definition) is 6. The maximum Gasteiger partial charge on any atom is 0.251 e. The van der Waals surface area contributed by atoms with E-state index in [1.54, 1.807) is 12.1 Å². The van der Waals surface area contributed by atoms with E-state index in [9.17, 15) is 4.79 Å². The minimum atomic E-state index is -0.253. The average Bonchev–Trinajstić information content (AvgIpc) is 2.82. The average molecular weight is 463 g/mol. The second kappa shape index (κ2) is 11.9. The molecule has 3 rings (SSSR count). The van der Waals surface area contributed by atoms with Gasteiger partial charge in [0.05, 0.1) is 19.2 Å². The van der Waals surface area contributed by atoms with Gasteiger partial charge in [-0.2, -0.15) is 0 Å². The number of hydrogen-bond donors (Lipinski definition) is 1. The Morgan fingerprint density at radius 3 is 2.69 bits per heavy atom. The predicted molar refractivity (Wildman–Crippen MR) is 124 cm³/mol. The van der Waals surface area contributed by atoms with Crippen molar-refractivity contribution in [2.75, 3.05) is 47.6 Å². The Bertz CT molecular complexity index is 902. The first kappa shape index (κ1) is 24.2. The smallest absolute Gasteiger partial charge is 0.251 e. The van der Waals surface area contributed by atoms with E-state index < -0.39 is 0 Å². The first-order valence-electron chi connectivity index (χ1n) is 10.7. The highest BCUT2D eigenvalue weighted by Gasteiger charge is 2.18. The number of amides is 1. The molecular weight excluding hydrogens is 432 g/mol. The van der Waals surface area contributed by atoms with Crippen molar-refractivity contribution in [3.05, 3.63) is 52.5 Å². The van der Waals surface area contributed by atoms with E-state index in [1.165, 1.54) is 14.2 Å². The number of carbonyl (C=O) groups excluding carboxylic acids is 1. The van der Waals surface area contributed by atoms with Crippen LogP contribution in [0.25, 0.3) is 0 Å². The van der Waals surface area contributed by atoms with Gasteiger partial charge in [-0.15, -0.1) is 0 Å². The molecule has 0 saturated carbocycles. The normalized spacial score (nSPS) is 14.3. The zero-order valence-corrected chi connectivity index (χ0v) is 19.6. The molecule has 0 radical (unpaired) electrons. The number of nitrogens with one attached hydrogen (secondary N) is 1. The number of halogens is 1. The summed E-state index contributed by atoms with van der Waals surface area (Å²) in [5.41, 5.74) is 1.34. The first-order valence-corrected chi connectivity index (χ1v) is 11.1. The molecule has 1 aliphatic heterocycles. The third-order valence-corrected chi connectivity index (χ3v) is 5.85. The van der Waals surface area contributed by atoms with E-state index in [0.717, 1.165) is 43.9 Å². The zero-order chi connectivity index (χ0) is 22.9. The lowest BCUT2D eigenvalue weighted by Crippen LogP contribution is -2.38. The lowest BCUT2D eigenvalue weighted by atomic mass is 10.1. The largest absolute Gasteiger partial charge is 0.493 e. The molecule has 1 saturated heterocycles. The van der Waals surface area contributed by atoms with Gasteiger partial charge in [-0.1, -0.05) is 23.7 Å². The molecule has 0 bridgehead atoms. The summed E-state index contributed by atoms with van der Waals surface area (Å²) >= 11 is 6.20. The van der Waals surface area contributed by atoms with E-state index in [4.69, 9.17) is 30.5 Å². The van der Waals surface area contributed by atoms with Crippen molar-refractivity contribution in [1.82, 2.24) is 10.2 Å². The van der Waals surface area contributed by atoms with Crippen LogP contribution < -0.4 is 19.5 Å². The predicted octanol–water partition coefficient (Wildman–Crippen LogP) is 3.78. The summed E-state index contributed by atoms with van der Waals surface area (Å²) in [5.74, 6) is 1.34. The first-order chi connectivity index (χ1) is 15.5. The summed E-state index contributed by atoms with van der Waals surface area (Å²) in [6.45, 7) is 3.49. The Labute approximate surface area is 194 Å². The molecule has 1 amide bonds. The molecule has 1 aliphatic rings. The molecule has 0 aliphatic carbocycles. The molecular formula is C24H31ClN2O5. The molecule has 1 heterocycles. The molecule has 0 aromatic heterocycles. The van der Waals surface area contributed by atoms with Crippen molar-refractivity contribution < 1.29 is 23.7 Å². The van der Waals surface area contributed by atoms with E-state index in [2.05, 4.69) is 17.3 Å². The van der Waals surface area contributed by atoms with Crippen LogP contribution in [0.5, 0.6) is 17.2 Å². The molecule has 1 fully saturated rings. The van der Waals surface area contributed by atoms with Crippen molar-refractivity contribution in [2.45, 2.75) is 25.4 Å². The third-order valence-electron chi connectivity index (χ3n) is 5.57. The lowest BCUT2D eigenvalue weighted by Gasteiger charge is -2.31. The molecule has 2 aromatic carbocycles. The van der Waals surface area contributed by atoms with Gasteiger partial charge in [-0.3, -0.25) is 9.69 Å². The lowest BCUT2D eigenvalue weighted by molar-refractivity contribution is 0.0392. The van der Waals surface area contributed by atoms with Gasteiger partial charge in [-0.05, 0) is 49.7 Å². The monoisotopic (exact) mass is 462 g/mol. The van der Waals surface area contributed by atoms with Gasteiger partial charge in [0, 0.05) is 37.9 Å². The fourth-order valence-electron chi connectivity index (χ4n) is 3.69. The molecule has 0 spiro atoms. The van der Waals surface area contributed by atoms with Crippen LogP contribution in [0.3, 0.4) is 0 Å². The van der Waals surface area contributed by atoms with Crippen LogP contribution in [-0.4, -0.2) is 64.5 Å². The molecule has 32 heavy (non-hydrogen) atoms. The quantitative estimate of drug-likeness (QED) is 0.579. The third kappa shape index (κ3) is 6.51. The molecule has 0 unspecified atom stereocenters. The number of likely N-dealkylation sites (N-methyl/N-ethyl adjacent to an activating group) is 1. The highest BCUT2D eigenvalue weighted by Crippen LogP contribution is 2.36. The van der Waals surface area contributed by atoms with Gasteiger partial charge in [0.15, 0.2) is 11.5 Å². The van der Waals surface area contributed by atoms with Gasteiger partial charge < -0.3 is 24.3 Å². The number of carbonyl (C=O) groups is 1. The summed E-state index contributed by atoms with van der Waals surface area (Å²) in [6.07, 6.45) is 2.13. The molecule has 174 valence electrons. The molecule has 1 N–H and O–H groups in total. The van der Waals surface area contributed by atoms with E-state index in [-0.39, 0.29) is 5.91 Å². The second-order valence-electron chi connectivity index (χ2n) is 7.70. The van der Waals surface area contributed by atoms with Crippen LogP contribution in [-0.2, 0) is 11.3 Å². The number of nitrogens with zero attached hydrogens (tertiary/aromatic N) is 1. The fourth-order valence-corrected chi connectivity index (χ4v) is 3.98. The van der Waals surface area contributed by atoms with Gasteiger partial charge >= 0.3 is 0 Å². The van der Waals surface area contributed by atoms with Crippen molar-refractivity contribution >= 4 is 17.5 Å². The topological polar surface area (TPSA) is 69.3 Å². The maximum absolute atomic E-state index is 12.6. The summed E-state index contributed by atoms with van der Waals surface area (Å²) in [7, 11) is 5.13.